The van der Waals surface area contributed by atoms with Crippen molar-refractivity contribution in [1.82, 2.24) is 5.32 Å². The van der Waals surface area contributed by atoms with Crippen LogP contribution in [0.15, 0.2) is 0 Å². The Labute approximate surface area is 124 Å². The maximum absolute atomic E-state index is 11.3. The van der Waals surface area contributed by atoms with Crippen LogP contribution in [0.1, 0.15) is 64.7 Å². The zero-order chi connectivity index (χ0) is 14.5. The van der Waals surface area contributed by atoms with Gasteiger partial charge in [-0.2, -0.15) is 0 Å². The molecule has 0 rings (SSSR count). The minimum absolute atomic E-state index is 0.289. The second kappa shape index (κ2) is 12.6. The average Bonchev–Trinajstić information content (AvgIpc) is 2.36. The van der Waals surface area contributed by atoms with Gasteiger partial charge in [-0.25, -0.2) is 0 Å². The van der Waals surface area contributed by atoms with E-state index in [-0.39, 0.29) is 5.91 Å². The maximum Gasteiger partial charge on any atom is 0.255 e. The van der Waals surface area contributed by atoms with Crippen molar-refractivity contribution in [2.24, 2.45) is 0 Å². The van der Waals surface area contributed by atoms with Crippen LogP contribution in [0.3, 0.4) is 0 Å². The van der Waals surface area contributed by atoms with Gasteiger partial charge in [-0.15, -0.1) is 0 Å². The Kier molecular flexibility index (Phi) is 12.3. The summed E-state index contributed by atoms with van der Waals surface area (Å²) in [6.45, 7) is 1.35. The molecule has 0 bridgehead atoms. The number of aliphatic hydroxyl groups excluding tert-OH is 1. The summed E-state index contributed by atoms with van der Waals surface area (Å²) in [5.41, 5.74) is 0. The molecule has 0 saturated carbocycles. The molecule has 4 nitrogen and oxygen atoms in total. The molecule has 19 heavy (non-hydrogen) atoms. The molecule has 5 heteroatoms. The lowest BCUT2D eigenvalue weighted by Gasteiger charge is -2.05. The molecule has 0 fully saturated rings. The molecule has 0 aliphatic carbocycles. The molecule has 0 aliphatic rings. The molecule has 0 heterocycles. The van der Waals surface area contributed by atoms with E-state index in [9.17, 15) is 9.59 Å². The zero-order valence-corrected chi connectivity index (χ0v) is 13.4. The zero-order valence-electron chi connectivity index (χ0n) is 11.8. The minimum atomic E-state index is -1.12. The number of hydrogen-bond donors (Lipinski definition) is 2. The van der Waals surface area contributed by atoms with E-state index in [1.807, 2.05) is 0 Å². The van der Waals surface area contributed by atoms with Crippen LogP contribution < -0.4 is 5.32 Å². The van der Waals surface area contributed by atoms with Crippen molar-refractivity contribution >= 4 is 27.7 Å². The highest BCUT2D eigenvalue weighted by Crippen LogP contribution is 2.10. The van der Waals surface area contributed by atoms with Crippen molar-refractivity contribution in [3.63, 3.8) is 0 Å². The van der Waals surface area contributed by atoms with E-state index in [4.69, 9.17) is 5.11 Å². The molecule has 0 aliphatic heterocycles. The third-order valence-corrected chi connectivity index (χ3v) is 3.49. The monoisotopic (exact) mass is 335 g/mol. The van der Waals surface area contributed by atoms with Crippen LogP contribution >= 0.6 is 15.9 Å². The molecule has 0 aromatic heterocycles. The first-order valence-electron chi connectivity index (χ1n) is 7.15. The number of halogens is 1. The van der Waals surface area contributed by atoms with E-state index in [0.717, 1.165) is 24.6 Å². The van der Waals surface area contributed by atoms with Crippen molar-refractivity contribution in [2.45, 2.75) is 70.8 Å². The Balaban J connectivity index is 3.30. The van der Waals surface area contributed by atoms with E-state index in [1.54, 1.807) is 0 Å². The van der Waals surface area contributed by atoms with Gasteiger partial charge in [0.15, 0.2) is 0 Å². The smallest absolute Gasteiger partial charge is 0.255 e. The Bertz CT molecular complexity index is 257. The second-order valence-electron chi connectivity index (χ2n) is 4.86. The summed E-state index contributed by atoms with van der Waals surface area (Å²) in [4.78, 5) is 22.3. The molecule has 0 aromatic carbocycles. The SMILES string of the molecule is CC(O)C(=O)NC(=O)CCCCCCCCCCBr. The van der Waals surface area contributed by atoms with Gasteiger partial charge in [0, 0.05) is 11.8 Å². The van der Waals surface area contributed by atoms with E-state index in [1.165, 1.54) is 39.0 Å². The quantitative estimate of drug-likeness (QED) is 0.450. The predicted octanol–water partition coefficient (Wildman–Crippen LogP) is 2.92. The molecule has 0 aromatic rings. The molecule has 2 N–H and O–H groups in total. The third-order valence-electron chi connectivity index (χ3n) is 2.93. The molecular formula is C14H26BrNO3. The molecule has 2 amide bonds. The fraction of sp³-hybridized carbons (Fsp3) is 0.857. The fourth-order valence-electron chi connectivity index (χ4n) is 1.75. The van der Waals surface area contributed by atoms with Gasteiger partial charge in [-0.05, 0) is 19.8 Å². The van der Waals surface area contributed by atoms with Gasteiger partial charge >= 0.3 is 0 Å². The van der Waals surface area contributed by atoms with Crippen molar-refractivity contribution in [3.8, 4) is 0 Å². The van der Waals surface area contributed by atoms with Crippen LogP contribution in [-0.4, -0.2) is 28.4 Å². The van der Waals surface area contributed by atoms with Gasteiger partial charge < -0.3 is 5.11 Å². The molecule has 0 radical (unpaired) electrons. The number of carbonyl (C=O) groups excluding carboxylic acids is 2. The highest BCUT2D eigenvalue weighted by molar-refractivity contribution is 9.09. The molecule has 1 atom stereocenters. The number of alkyl halides is 1. The molecule has 0 saturated heterocycles. The second-order valence-corrected chi connectivity index (χ2v) is 5.65. The van der Waals surface area contributed by atoms with Crippen LogP contribution in [0.2, 0.25) is 0 Å². The summed E-state index contributed by atoms with van der Waals surface area (Å²) < 4.78 is 0. The minimum Gasteiger partial charge on any atom is -0.384 e. The highest BCUT2D eigenvalue weighted by atomic mass is 79.9. The summed E-state index contributed by atoms with van der Waals surface area (Å²) in [6.07, 6.45) is 8.52. The van der Waals surface area contributed by atoms with Crippen LogP contribution in [0.5, 0.6) is 0 Å². The Morgan fingerprint density at radius 1 is 1.00 bits per heavy atom. The number of imide groups is 1. The largest absolute Gasteiger partial charge is 0.384 e. The summed E-state index contributed by atoms with van der Waals surface area (Å²) in [5.74, 6) is -0.903. The number of carbonyl (C=O) groups is 2. The average molecular weight is 336 g/mol. The first-order chi connectivity index (χ1) is 9.07. The van der Waals surface area contributed by atoms with Crippen molar-refractivity contribution in [2.75, 3.05) is 5.33 Å². The Morgan fingerprint density at radius 3 is 1.95 bits per heavy atom. The first-order valence-corrected chi connectivity index (χ1v) is 8.27. The fourth-order valence-corrected chi connectivity index (χ4v) is 2.14. The topological polar surface area (TPSA) is 66.4 Å². The number of hydrogen-bond acceptors (Lipinski definition) is 3. The van der Waals surface area contributed by atoms with Crippen molar-refractivity contribution < 1.29 is 14.7 Å². The third kappa shape index (κ3) is 12.4. The van der Waals surface area contributed by atoms with Gasteiger partial charge in [-0.1, -0.05) is 54.5 Å². The van der Waals surface area contributed by atoms with E-state index in [2.05, 4.69) is 21.2 Å². The van der Waals surface area contributed by atoms with E-state index in [0.29, 0.717) is 6.42 Å². The highest BCUT2D eigenvalue weighted by Gasteiger charge is 2.11. The lowest BCUT2D eigenvalue weighted by atomic mass is 10.1. The van der Waals surface area contributed by atoms with Gasteiger partial charge in [-0.3, -0.25) is 14.9 Å². The van der Waals surface area contributed by atoms with Crippen molar-refractivity contribution in [1.29, 1.82) is 0 Å². The lowest BCUT2D eigenvalue weighted by Crippen LogP contribution is -2.37. The summed E-state index contributed by atoms with van der Waals surface area (Å²) in [7, 11) is 0. The number of amides is 2. The summed E-state index contributed by atoms with van der Waals surface area (Å²) >= 11 is 3.41. The molecular weight excluding hydrogens is 310 g/mol. The number of rotatable bonds is 11. The first kappa shape index (κ1) is 18.6. The number of unbranched alkanes of at least 4 members (excludes halogenated alkanes) is 7. The maximum atomic E-state index is 11.3. The molecule has 112 valence electrons. The van der Waals surface area contributed by atoms with Gasteiger partial charge in [0.25, 0.3) is 5.91 Å². The molecule has 0 spiro atoms. The normalized spacial score (nSPS) is 12.2. The number of nitrogens with one attached hydrogen (secondary N) is 1. The van der Waals surface area contributed by atoms with E-state index < -0.39 is 12.0 Å². The van der Waals surface area contributed by atoms with Crippen LogP contribution in [0.4, 0.5) is 0 Å². The van der Waals surface area contributed by atoms with Crippen LogP contribution in [0, 0.1) is 0 Å². The standard InChI is InChI=1S/C14H26BrNO3/c1-12(17)14(19)16-13(18)10-8-6-4-2-3-5-7-9-11-15/h12,17H,2-11H2,1H3,(H,16,18,19). The summed E-state index contributed by atoms with van der Waals surface area (Å²) in [6, 6.07) is 0. The van der Waals surface area contributed by atoms with E-state index >= 15 is 0 Å². The van der Waals surface area contributed by atoms with Crippen LogP contribution in [-0.2, 0) is 9.59 Å². The van der Waals surface area contributed by atoms with Gasteiger partial charge in [0.1, 0.15) is 6.10 Å². The Hall–Kier alpha value is -0.420. The summed E-state index contributed by atoms with van der Waals surface area (Å²) in [5, 5.41) is 12.2. The van der Waals surface area contributed by atoms with Gasteiger partial charge in [0.05, 0.1) is 0 Å². The predicted molar refractivity (Wildman–Crippen MR) is 80.2 cm³/mol. The molecule has 1 unspecified atom stereocenters. The van der Waals surface area contributed by atoms with Gasteiger partial charge in [0.2, 0.25) is 5.91 Å². The number of aliphatic hydroxyl groups is 1. The van der Waals surface area contributed by atoms with Crippen molar-refractivity contribution in [3.05, 3.63) is 0 Å². The lowest BCUT2D eigenvalue weighted by molar-refractivity contribution is -0.135. The van der Waals surface area contributed by atoms with Crippen LogP contribution in [0.25, 0.3) is 0 Å². The Morgan fingerprint density at radius 2 is 1.47 bits per heavy atom.